The molecule has 0 spiro atoms. The zero-order chi connectivity index (χ0) is 2.71. The van der Waals surface area contributed by atoms with Gasteiger partial charge >= 0.3 is 48.9 Å². The summed E-state index contributed by atoms with van der Waals surface area (Å²) in [6.45, 7) is 1.93. The van der Waals surface area contributed by atoms with Crippen molar-refractivity contribution in [2.24, 2.45) is 0 Å². The molecule has 10 heteroatoms. The third kappa shape index (κ3) is 797. The van der Waals surface area contributed by atoms with Crippen molar-refractivity contribution in [2.45, 2.75) is 6.92 Å². The van der Waals surface area contributed by atoms with Crippen LogP contribution in [0.1, 0.15) is 6.92 Å². The number of rotatable bonds is 0. The fourth-order valence-electron chi connectivity index (χ4n) is 0. The predicted octanol–water partition coefficient (Wildman–Crippen LogP) is -7.52. The summed E-state index contributed by atoms with van der Waals surface area (Å²) in [5.74, 6) is 0. The summed E-state index contributed by atoms with van der Waals surface area (Å²) in [5.41, 5.74) is 0. The first kappa shape index (κ1) is 191. The van der Waals surface area contributed by atoms with E-state index in [4.69, 9.17) is 5.11 Å². The summed E-state index contributed by atoms with van der Waals surface area (Å²) in [7, 11) is 0. The molecule has 0 aromatic rings. The number of aliphatic hydroxyl groups excluding tert-OH is 1. The molecule has 0 amide bonds. The quantitative estimate of drug-likeness (QED) is 0.416. The first-order valence-corrected chi connectivity index (χ1v) is 1.02. The number of aliphatic hydroxyl groups is 1. The average molecular weight is 330 g/mol. The molecule has 0 aliphatic heterocycles. The Hall–Kier alpha value is 1.21. The van der Waals surface area contributed by atoms with E-state index >= 15 is 0 Å². The van der Waals surface area contributed by atoms with Gasteiger partial charge in [-0.1, -0.05) is 0 Å². The molecule has 0 rings (SSSR count). The van der Waals surface area contributed by atoms with Gasteiger partial charge in [0.1, 0.15) is 0 Å². The van der Waals surface area contributed by atoms with E-state index in [1.807, 2.05) is 0 Å². The number of hydrogen-bond acceptors (Lipinski definition) is 1. The van der Waals surface area contributed by atoms with E-state index in [0.29, 0.717) is 0 Å². The molecule has 0 aromatic heterocycles. The van der Waals surface area contributed by atoms with E-state index in [-0.39, 0.29) is 99.3 Å². The maximum atomic E-state index is 7.57. The van der Waals surface area contributed by atoms with Crippen LogP contribution in [0.15, 0.2) is 0 Å². The molecule has 0 unspecified atom stereocenters. The molecular weight excluding hydrogens is 305 g/mol. The number of hydrogen-bond donors (Lipinski definition) is 1. The van der Waals surface area contributed by atoms with Crippen molar-refractivity contribution in [3.8, 4) is 0 Å². The van der Waals surface area contributed by atoms with Crippen LogP contribution in [0.3, 0.4) is 0 Å². The Morgan fingerprint density at radius 2 is 0.667 bits per heavy atom. The molecular formula is C2H24BaO9. The van der Waals surface area contributed by atoms with E-state index in [0.717, 1.165) is 0 Å². The summed E-state index contributed by atoms with van der Waals surface area (Å²) in [4.78, 5) is 0. The normalized spacial score (nSPS) is 1.50. The molecule has 9 nitrogen and oxygen atoms in total. The Balaban J connectivity index is -0.000000000556. The van der Waals surface area contributed by atoms with E-state index in [9.17, 15) is 0 Å². The van der Waals surface area contributed by atoms with Crippen molar-refractivity contribution in [3.63, 3.8) is 0 Å². The van der Waals surface area contributed by atoms with E-state index < -0.39 is 0 Å². The van der Waals surface area contributed by atoms with Crippen LogP contribution in [0, 0.1) is 0 Å². The van der Waals surface area contributed by atoms with Crippen LogP contribution in [-0.4, -0.2) is 104 Å². The van der Waals surface area contributed by atoms with E-state index in [1.54, 1.807) is 6.92 Å². The molecule has 0 saturated carbocycles. The fraction of sp³-hybridized carbons (Fsp3) is 1.00. The maximum absolute atomic E-state index is 7.57. The third-order valence-corrected chi connectivity index (χ3v) is 0. The van der Waals surface area contributed by atoms with Gasteiger partial charge in [0.15, 0.2) is 0 Å². The third-order valence-electron chi connectivity index (χ3n) is 0. The van der Waals surface area contributed by atoms with Gasteiger partial charge in [-0.25, -0.2) is 0 Å². The molecule has 0 radical (unpaired) electrons. The Bertz CT molecular complexity index is 12.5. The Morgan fingerprint density at radius 1 is 0.667 bits per heavy atom. The van der Waals surface area contributed by atoms with Crippen LogP contribution in [0.25, 0.3) is 0 Å². The summed E-state index contributed by atoms with van der Waals surface area (Å²) in [6.07, 6.45) is 0. The molecule has 0 aliphatic carbocycles. The molecule has 0 bridgehead atoms. The van der Waals surface area contributed by atoms with Crippen LogP contribution < -0.4 is 0 Å². The first-order valence-electron chi connectivity index (χ1n) is 1.02. The first-order chi connectivity index (χ1) is 1.41. The minimum absolute atomic E-state index is 0. The Kier molecular flexibility index (Phi) is 5000. The van der Waals surface area contributed by atoms with Crippen molar-refractivity contribution in [2.75, 3.05) is 6.61 Å². The zero-order valence-corrected chi connectivity index (χ0v) is 6.15. The standard InChI is InChI=1S/C2H6O.Ba.8H2O.2H/c1-2-3;;;;;;;;;;;/h3H,2H2,1H3;;8*1H2;;. The fourth-order valence-corrected chi connectivity index (χ4v) is 0. The van der Waals surface area contributed by atoms with Crippen molar-refractivity contribution in [1.82, 2.24) is 0 Å². The van der Waals surface area contributed by atoms with Crippen LogP contribution in [0.5, 0.6) is 0 Å². The van der Waals surface area contributed by atoms with Gasteiger partial charge < -0.3 is 48.9 Å². The second-order valence-electron chi connectivity index (χ2n) is 0.316. The van der Waals surface area contributed by atoms with E-state index in [1.165, 1.54) is 0 Å². The van der Waals surface area contributed by atoms with Gasteiger partial charge in [0, 0.05) is 6.61 Å². The summed E-state index contributed by atoms with van der Waals surface area (Å²) in [5, 5.41) is 7.57. The molecule has 0 aliphatic rings. The molecule has 0 atom stereocenters. The van der Waals surface area contributed by atoms with Gasteiger partial charge in [0.25, 0.3) is 0 Å². The van der Waals surface area contributed by atoms with Crippen molar-refractivity contribution < 1.29 is 48.9 Å². The molecule has 12 heavy (non-hydrogen) atoms. The van der Waals surface area contributed by atoms with Gasteiger partial charge in [-0.05, 0) is 6.92 Å². The van der Waals surface area contributed by atoms with Crippen LogP contribution >= 0.6 is 0 Å². The van der Waals surface area contributed by atoms with Crippen LogP contribution in [0.2, 0.25) is 0 Å². The van der Waals surface area contributed by atoms with Crippen LogP contribution in [0.4, 0.5) is 0 Å². The van der Waals surface area contributed by atoms with Crippen molar-refractivity contribution in [3.05, 3.63) is 0 Å². The van der Waals surface area contributed by atoms with Gasteiger partial charge in [0.2, 0.25) is 0 Å². The van der Waals surface area contributed by atoms with Crippen molar-refractivity contribution in [1.29, 1.82) is 0 Å². The Labute approximate surface area is 110 Å². The van der Waals surface area contributed by atoms with Crippen LogP contribution in [-0.2, 0) is 0 Å². The molecule has 88 valence electrons. The van der Waals surface area contributed by atoms with E-state index in [2.05, 4.69) is 0 Å². The topological polar surface area (TPSA) is 272 Å². The summed E-state index contributed by atoms with van der Waals surface area (Å²) < 4.78 is 0. The minimum atomic E-state index is 0. The van der Waals surface area contributed by atoms with Gasteiger partial charge in [-0.3, -0.25) is 0 Å². The molecule has 0 saturated heterocycles. The molecule has 0 heterocycles. The Morgan fingerprint density at radius 3 is 0.667 bits per heavy atom. The predicted molar refractivity (Wildman–Crippen MR) is 50.2 cm³/mol. The second kappa shape index (κ2) is 314. The van der Waals surface area contributed by atoms with Crippen molar-refractivity contribution >= 4 is 48.9 Å². The molecule has 17 N–H and O–H groups in total. The molecule has 0 aromatic carbocycles. The second-order valence-corrected chi connectivity index (χ2v) is 0.316. The monoisotopic (exact) mass is 330 g/mol. The SMILES string of the molecule is CCO.O.O.O.O.O.O.O.O.[BaH2]. The average Bonchev–Trinajstić information content (AvgIpc) is 0.918. The van der Waals surface area contributed by atoms with Gasteiger partial charge in [-0.2, -0.15) is 0 Å². The van der Waals surface area contributed by atoms with Gasteiger partial charge in [-0.15, -0.1) is 0 Å². The van der Waals surface area contributed by atoms with Gasteiger partial charge in [0.05, 0.1) is 0 Å². The molecule has 0 fully saturated rings. The summed E-state index contributed by atoms with van der Waals surface area (Å²) >= 11 is 0. The zero-order valence-electron chi connectivity index (χ0n) is 6.15. The summed E-state index contributed by atoms with van der Waals surface area (Å²) in [6, 6.07) is 0.